The van der Waals surface area contributed by atoms with Crippen LogP contribution in [0.2, 0.25) is 0 Å². The van der Waals surface area contributed by atoms with Gasteiger partial charge in [0.05, 0.1) is 11.8 Å². The molecule has 90 valence electrons. The number of ketones is 1. The van der Waals surface area contributed by atoms with Gasteiger partial charge in [0.25, 0.3) is 0 Å². The fraction of sp³-hybridized carbons (Fsp3) is 0.643. The molecule has 2 heteroatoms. The number of furan rings is 1. The maximum atomic E-state index is 12.2. The zero-order valence-electron chi connectivity index (χ0n) is 11.2. The lowest BCUT2D eigenvalue weighted by molar-refractivity contribution is 0.0855. The summed E-state index contributed by atoms with van der Waals surface area (Å²) >= 11 is 0. The van der Waals surface area contributed by atoms with Gasteiger partial charge in [-0.05, 0) is 11.5 Å². The number of carbonyl (C=O) groups excluding carboxylic acids is 1. The van der Waals surface area contributed by atoms with E-state index in [0.717, 1.165) is 17.7 Å². The third-order valence-corrected chi connectivity index (χ3v) is 2.36. The molecule has 0 saturated heterocycles. The van der Waals surface area contributed by atoms with Gasteiger partial charge in [-0.25, -0.2) is 0 Å². The van der Waals surface area contributed by atoms with Crippen molar-refractivity contribution < 1.29 is 9.21 Å². The predicted molar refractivity (Wildman–Crippen MR) is 65.7 cm³/mol. The molecular weight excluding hydrogens is 200 g/mol. The van der Waals surface area contributed by atoms with Crippen molar-refractivity contribution in [2.75, 3.05) is 0 Å². The molecule has 0 saturated carbocycles. The number of rotatable bonds is 2. The fourth-order valence-electron chi connectivity index (χ4n) is 1.57. The SMILES string of the molecule is CC(C)(C)Cc1occc1C(=O)C(C)(C)C. The first-order valence-corrected chi connectivity index (χ1v) is 5.72. The van der Waals surface area contributed by atoms with Gasteiger partial charge in [0.1, 0.15) is 5.76 Å². The highest BCUT2D eigenvalue weighted by molar-refractivity contribution is 6.00. The third kappa shape index (κ3) is 3.22. The molecule has 0 aliphatic rings. The Morgan fingerprint density at radius 2 is 1.75 bits per heavy atom. The molecule has 1 aromatic heterocycles. The van der Waals surface area contributed by atoms with Crippen LogP contribution in [0.15, 0.2) is 16.7 Å². The first-order valence-electron chi connectivity index (χ1n) is 5.72. The largest absolute Gasteiger partial charge is 0.469 e. The molecule has 2 nitrogen and oxygen atoms in total. The van der Waals surface area contributed by atoms with Gasteiger partial charge in [0.2, 0.25) is 0 Å². The molecule has 1 heterocycles. The van der Waals surface area contributed by atoms with Crippen LogP contribution in [0.5, 0.6) is 0 Å². The summed E-state index contributed by atoms with van der Waals surface area (Å²) in [6, 6.07) is 1.79. The van der Waals surface area contributed by atoms with Crippen molar-refractivity contribution in [3.8, 4) is 0 Å². The van der Waals surface area contributed by atoms with Gasteiger partial charge < -0.3 is 4.42 Å². The zero-order chi connectivity index (χ0) is 12.6. The van der Waals surface area contributed by atoms with Crippen LogP contribution in [-0.4, -0.2) is 5.78 Å². The lowest BCUT2D eigenvalue weighted by atomic mass is 9.83. The molecule has 0 aliphatic heterocycles. The van der Waals surface area contributed by atoms with Crippen molar-refractivity contribution in [2.45, 2.75) is 48.0 Å². The molecule has 0 bridgehead atoms. The van der Waals surface area contributed by atoms with Gasteiger partial charge in [-0.2, -0.15) is 0 Å². The number of hydrogen-bond acceptors (Lipinski definition) is 2. The quantitative estimate of drug-likeness (QED) is 0.705. The molecule has 0 aromatic carbocycles. The number of Topliss-reactive ketones (excluding diaryl/α,β-unsaturated/α-hetero) is 1. The van der Waals surface area contributed by atoms with Gasteiger partial charge in [-0.15, -0.1) is 0 Å². The van der Waals surface area contributed by atoms with Crippen molar-refractivity contribution in [3.05, 3.63) is 23.7 Å². The average molecular weight is 222 g/mol. The zero-order valence-corrected chi connectivity index (χ0v) is 11.2. The summed E-state index contributed by atoms with van der Waals surface area (Å²) in [5.74, 6) is 0.966. The average Bonchev–Trinajstić information content (AvgIpc) is 2.46. The lowest BCUT2D eigenvalue weighted by Gasteiger charge is -2.20. The standard InChI is InChI=1S/C14H22O2/c1-13(2,3)9-11-10(7-8-16-11)12(15)14(4,5)6/h7-8H,9H2,1-6H3. The van der Waals surface area contributed by atoms with Gasteiger partial charge in [-0.1, -0.05) is 41.5 Å². The summed E-state index contributed by atoms with van der Waals surface area (Å²) in [6.45, 7) is 12.2. The summed E-state index contributed by atoms with van der Waals surface area (Å²) in [7, 11) is 0. The van der Waals surface area contributed by atoms with E-state index < -0.39 is 0 Å². The molecule has 0 N–H and O–H groups in total. The smallest absolute Gasteiger partial charge is 0.171 e. The fourth-order valence-corrected chi connectivity index (χ4v) is 1.57. The second-order valence-corrected chi connectivity index (χ2v) is 6.57. The van der Waals surface area contributed by atoms with Crippen molar-refractivity contribution in [1.29, 1.82) is 0 Å². The minimum Gasteiger partial charge on any atom is -0.469 e. The maximum absolute atomic E-state index is 12.2. The molecule has 0 atom stereocenters. The molecule has 1 aromatic rings. The highest BCUT2D eigenvalue weighted by Crippen LogP contribution is 2.28. The molecule has 16 heavy (non-hydrogen) atoms. The minimum atomic E-state index is -0.351. The number of hydrogen-bond donors (Lipinski definition) is 0. The summed E-state index contributed by atoms with van der Waals surface area (Å²) in [5.41, 5.74) is 0.517. The van der Waals surface area contributed by atoms with Crippen LogP contribution in [0.4, 0.5) is 0 Å². The van der Waals surface area contributed by atoms with Crippen molar-refractivity contribution in [2.24, 2.45) is 10.8 Å². The first-order chi connectivity index (χ1) is 7.11. The van der Waals surface area contributed by atoms with E-state index in [2.05, 4.69) is 20.8 Å². The summed E-state index contributed by atoms with van der Waals surface area (Å²) in [6.07, 6.45) is 2.40. The third-order valence-electron chi connectivity index (χ3n) is 2.36. The van der Waals surface area contributed by atoms with E-state index >= 15 is 0 Å². The minimum absolute atomic E-state index is 0.130. The molecule has 0 unspecified atom stereocenters. The van der Waals surface area contributed by atoms with E-state index in [9.17, 15) is 4.79 Å². The normalized spacial score (nSPS) is 12.9. The maximum Gasteiger partial charge on any atom is 0.171 e. The van der Waals surface area contributed by atoms with Gasteiger partial charge >= 0.3 is 0 Å². The second-order valence-electron chi connectivity index (χ2n) is 6.57. The Bertz CT molecular complexity index is 372. The molecular formula is C14H22O2. The van der Waals surface area contributed by atoms with Crippen LogP contribution in [0.3, 0.4) is 0 Å². The molecule has 0 fully saturated rings. The monoisotopic (exact) mass is 222 g/mol. The Labute approximate surface area is 98.0 Å². The van der Waals surface area contributed by atoms with Crippen LogP contribution in [-0.2, 0) is 6.42 Å². The molecule has 0 aliphatic carbocycles. The van der Waals surface area contributed by atoms with Gasteiger partial charge in [-0.3, -0.25) is 4.79 Å². The van der Waals surface area contributed by atoms with Crippen LogP contribution < -0.4 is 0 Å². The molecule has 0 spiro atoms. The highest BCUT2D eigenvalue weighted by atomic mass is 16.3. The Balaban J connectivity index is 3.00. The summed E-state index contributed by atoms with van der Waals surface area (Å²) in [5, 5.41) is 0. The van der Waals surface area contributed by atoms with E-state index in [0.29, 0.717) is 0 Å². The lowest BCUT2D eigenvalue weighted by Crippen LogP contribution is -2.22. The van der Waals surface area contributed by atoms with Crippen molar-refractivity contribution in [3.63, 3.8) is 0 Å². The second kappa shape index (κ2) is 4.08. The van der Waals surface area contributed by atoms with Gasteiger partial charge in [0, 0.05) is 11.8 Å². The summed E-state index contributed by atoms with van der Waals surface area (Å²) < 4.78 is 5.44. The number of carbonyl (C=O) groups is 1. The predicted octanol–water partition coefficient (Wildman–Crippen LogP) is 4.10. The van der Waals surface area contributed by atoms with E-state index in [1.165, 1.54) is 0 Å². The van der Waals surface area contributed by atoms with E-state index in [1.807, 2.05) is 20.8 Å². The Kier molecular flexibility index (Phi) is 3.32. The Hall–Kier alpha value is -1.05. The Morgan fingerprint density at radius 3 is 2.19 bits per heavy atom. The molecule has 1 rings (SSSR count). The van der Waals surface area contributed by atoms with E-state index in [-0.39, 0.29) is 16.6 Å². The molecule has 0 radical (unpaired) electrons. The topological polar surface area (TPSA) is 30.2 Å². The van der Waals surface area contributed by atoms with Crippen molar-refractivity contribution in [1.82, 2.24) is 0 Å². The van der Waals surface area contributed by atoms with Crippen LogP contribution in [0.1, 0.15) is 57.7 Å². The van der Waals surface area contributed by atoms with Crippen LogP contribution in [0.25, 0.3) is 0 Å². The van der Waals surface area contributed by atoms with E-state index in [4.69, 9.17) is 4.42 Å². The van der Waals surface area contributed by atoms with Gasteiger partial charge in [0.15, 0.2) is 5.78 Å². The van der Waals surface area contributed by atoms with Crippen molar-refractivity contribution >= 4 is 5.78 Å². The highest BCUT2D eigenvalue weighted by Gasteiger charge is 2.28. The Morgan fingerprint density at radius 1 is 1.19 bits per heavy atom. The van der Waals surface area contributed by atoms with Crippen LogP contribution in [0, 0.1) is 10.8 Å². The van der Waals surface area contributed by atoms with Crippen LogP contribution >= 0.6 is 0 Å². The van der Waals surface area contributed by atoms with E-state index in [1.54, 1.807) is 12.3 Å². The first kappa shape index (κ1) is 13.0. The molecule has 0 amide bonds. The summed E-state index contributed by atoms with van der Waals surface area (Å²) in [4.78, 5) is 12.2.